The Kier molecular flexibility index (Phi) is 5.61. The van der Waals surface area contributed by atoms with Gasteiger partial charge in [-0.25, -0.2) is 4.79 Å². The maximum absolute atomic E-state index is 12.1. The zero-order chi connectivity index (χ0) is 19.2. The molecule has 138 valence electrons. The molecule has 0 saturated carbocycles. The van der Waals surface area contributed by atoms with Crippen LogP contribution in [0.2, 0.25) is 0 Å². The van der Waals surface area contributed by atoms with Gasteiger partial charge in [-0.15, -0.1) is 5.10 Å². The van der Waals surface area contributed by atoms with Crippen LogP contribution in [-0.2, 0) is 4.74 Å². The molecule has 1 aromatic heterocycles. The van der Waals surface area contributed by atoms with E-state index in [-0.39, 0.29) is 0 Å². The lowest BCUT2D eigenvalue weighted by molar-refractivity contribution is 0.0527. The molecule has 0 aliphatic rings. The maximum Gasteiger partial charge on any atom is 0.340 e. The quantitative estimate of drug-likeness (QED) is 0.636. The normalized spacial score (nSPS) is 10.3. The molecule has 0 aliphatic carbocycles. The summed E-state index contributed by atoms with van der Waals surface area (Å²) in [5.41, 5.74) is 4.19. The minimum Gasteiger partial charge on any atom is -0.462 e. The summed E-state index contributed by atoms with van der Waals surface area (Å²) in [5, 5.41) is 14.3. The number of carbonyl (C=O) groups excluding carboxylic acids is 1. The Bertz CT molecular complexity index is 938. The summed E-state index contributed by atoms with van der Waals surface area (Å²) in [6, 6.07) is 13.2. The topological polar surface area (TPSA) is 89.0 Å². The molecule has 0 bridgehead atoms. The van der Waals surface area contributed by atoms with Crippen LogP contribution in [0, 0.1) is 13.8 Å². The third kappa shape index (κ3) is 4.78. The third-order valence-electron chi connectivity index (χ3n) is 3.72. The van der Waals surface area contributed by atoms with Crippen LogP contribution >= 0.6 is 0 Å². The number of aryl methyl sites for hydroxylation is 2. The second kappa shape index (κ2) is 8.27. The monoisotopic (exact) mass is 363 g/mol. The van der Waals surface area contributed by atoms with Crippen molar-refractivity contribution in [3.05, 3.63) is 65.4 Å². The first-order chi connectivity index (χ1) is 13.0. The molecule has 7 nitrogen and oxygen atoms in total. The van der Waals surface area contributed by atoms with Crippen LogP contribution in [0.3, 0.4) is 0 Å². The van der Waals surface area contributed by atoms with E-state index in [4.69, 9.17) is 4.74 Å². The minimum absolute atomic E-state index is 0.312. The molecular formula is C20H21N5O2. The fourth-order valence-electron chi connectivity index (χ4n) is 2.71. The number of para-hydroxylation sites is 1. The molecule has 0 amide bonds. The van der Waals surface area contributed by atoms with Crippen molar-refractivity contribution in [3.8, 4) is 0 Å². The van der Waals surface area contributed by atoms with Crippen molar-refractivity contribution in [1.82, 2.24) is 15.2 Å². The number of esters is 1. The lowest BCUT2D eigenvalue weighted by atomic mass is 10.1. The highest BCUT2D eigenvalue weighted by Crippen LogP contribution is 2.22. The van der Waals surface area contributed by atoms with Gasteiger partial charge in [-0.05, 0) is 56.2 Å². The van der Waals surface area contributed by atoms with Gasteiger partial charge in [-0.1, -0.05) is 18.2 Å². The SMILES string of the molecule is CCOC(=O)c1ccccc1Nc1cnnc(Nc2cc(C)cc(C)c2)n1. The molecule has 0 saturated heterocycles. The van der Waals surface area contributed by atoms with E-state index in [1.54, 1.807) is 25.1 Å². The number of carbonyl (C=O) groups is 1. The summed E-state index contributed by atoms with van der Waals surface area (Å²) in [6.07, 6.45) is 1.49. The Hall–Kier alpha value is -3.48. The molecule has 0 aliphatic heterocycles. The lowest BCUT2D eigenvalue weighted by Gasteiger charge is -2.11. The molecule has 3 rings (SSSR count). The van der Waals surface area contributed by atoms with Gasteiger partial charge in [0.2, 0.25) is 5.95 Å². The van der Waals surface area contributed by atoms with E-state index in [1.165, 1.54) is 6.20 Å². The van der Waals surface area contributed by atoms with Crippen molar-refractivity contribution >= 4 is 29.1 Å². The molecule has 0 radical (unpaired) electrons. The van der Waals surface area contributed by atoms with E-state index < -0.39 is 5.97 Å². The average molecular weight is 363 g/mol. The second-order valence-electron chi connectivity index (χ2n) is 6.06. The molecule has 7 heteroatoms. The molecule has 3 aromatic rings. The minimum atomic E-state index is -0.392. The summed E-state index contributed by atoms with van der Waals surface area (Å²) in [7, 11) is 0. The highest BCUT2D eigenvalue weighted by Gasteiger charge is 2.13. The van der Waals surface area contributed by atoms with Crippen molar-refractivity contribution in [1.29, 1.82) is 0 Å². The van der Waals surface area contributed by atoms with E-state index in [9.17, 15) is 4.79 Å². The van der Waals surface area contributed by atoms with Gasteiger partial charge in [0.15, 0.2) is 5.82 Å². The van der Waals surface area contributed by atoms with Crippen molar-refractivity contribution < 1.29 is 9.53 Å². The lowest BCUT2D eigenvalue weighted by Crippen LogP contribution is -2.09. The predicted molar refractivity (Wildman–Crippen MR) is 105 cm³/mol. The van der Waals surface area contributed by atoms with E-state index in [0.717, 1.165) is 16.8 Å². The molecule has 27 heavy (non-hydrogen) atoms. The maximum atomic E-state index is 12.1. The van der Waals surface area contributed by atoms with Crippen LogP contribution in [-0.4, -0.2) is 27.8 Å². The van der Waals surface area contributed by atoms with E-state index in [1.807, 2.05) is 32.0 Å². The highest BCUT2D eigenvalue weighted by molar-refractivity contribution is 5.96. The number of ether oxygens (including phenoxy) is 1. The van der Waals surface area contributed by atoms with E-state index in [0.29, 0.717) is 29.6 Å². The molecule has 0 unspecified atom stereocenters. The summed E-state index contributed by atoms with van der Waals surface area (Å²) in [5.74, 6) is 0.434. The summed E-state index contributed by atoms with van der Waals surface area (Å²) in [4.78, 5) is 16.5. The largest absolute Gasteiger partial charge is 0.462 e. The number of nitrogens with one attached hydrogen (secondary N) is 2. The Morgan fingerprint density at radius 2 is 1.81 bits per heavy atom. The molecule has 2 N–H and O–H groups in total. The van der Waals surface area contributed by atoms with E-state index >= 15 is 0 Å². The van der Waals surface area contributed by atoms with Crippen LogP contribution in [0.5, 0.6) is 0 Å². The predicted octanol–water partition coefficient (Wildman–Crippen LogP) is 4.15. The molecule has 0 fully saturated rings. The fourth-order valence-corrected chi connectivity index (χ4v) is 2.71. The van der Waals surface area contributed by atoms with Crippen LogP contribution in [0.25, 0.3) is 0 Å². The van der Waals surface area contributed by atoms with Gasteiger partial charge in [-0.2, -0.15) is 10.1 Å². The van der Waals surface area contributed by atoms with Crippen LogP contribution in [0.4, 0.5) is 23.1 Å². The molecule has 0 spiro atoms. The molecule has 1 heterocycles. The Balaban J connectivity index is 1.82. The Labute approximate surface area is 157 Å². The van der Waals surface area contributed by atoms with Gasteiger partial charge < -0.3 is 15.4 Å². The van der Waals surface area contributed by atoms with Gasteiger partial charge in [-0.3, -0.25) is 0 Å². The molecular weight excluding hydrogens is 342 g/mol. The first-order valence-electron chi connectivity index (χ1n) is 8.63. The first kappa shape index (κ1) is 18.3. The number of hydrogen-bond donors (Lipinski definition) is 2. The van der Waals surface area contributed by atoms with Gasteiger partial charge in [0.05, 0.1) is 24.1 Å². The fraction of sp³-hybridized carbons (Fsp3) is 0.200. The second-order valence-corrected chi connectivity index (χ2v) is 6.06. The van der Waals surface area contributed by atoms with Crippen LogP contribution in [0.1, 0.15) is 28.4 Å². The number of hydrogen-bond acceptors (Lipinski definition) is 7. The van der Waals surface area contributed by atoms with Gasteiger partial charge in [0.25, 0.3) is 0 Å². The van der Waals surface area contributed by atoms with Crippen molar-refractivity contribution in [2.45, 2.75) is 20.8 Å². The third-order valence-corrected chi connectivity index (χ3v) is 3.72. The number of aromatic nitrogens is 3. The standard InChI is InChI=1S/C20H21N5O2/c1-4-27-19(26)16-7-5-6-8-17(16)23-18-12-21-25-20(24-18)22-15-10-13(2)9-14(3)11-15/h5-12H,4H2,1-3H3,(H2,22,23,24,25). The number of rotatable bonds is 6. The van der Waals surface area contributed by atoms with Crippen molar-refractivity contribution in [2.75, 3.05) is 17.2 Å². The first-order valence-corrected chi connectivity index (χ1v) is 8.63. The van der Waals surface area contributed by atoms with Crippen LogP contribution < -0.4 is 10.6 Å². The van der Waals surface area contributed by atoms with Gasteiger partial charge in [0, 0.05) is 5.69 Å². The Morgan fingerprint density at radius 3 is 2.56 bits per heavy atom. The van der Waals surface area contributed by atoms with Crippen LogP contribution in [0.15, 0.2) is 48.7 Å². The summed E-state index contributed by atoms with van der Waals surface area (Å²) in [6.45, 7) is 6.14. The zero-order valence-corrected chi connectivity index (χ0v) is 15.5. The number of nitrogens with zero attached hydrogens (tertiary/aromatic N) is 3. The molecule has 0 atom stereocenters. The Morgan fingerprint density at radius 1 is 1.07 bits per heavy atom. The smallest absolute Gasteiger partial charge is 0.340 e. The van der Waals surface area contributed by atoms with E-state index in [2.05, 4.69) is 31.9 Å². The van der Waals surface area contributed by atoms with Crippen molar-refractivity contribution in [2.24, 2.45) is 0 Å². The average Bonchev–Trinajstić information content (AvgIpc) is 2.62. The number of anilines is 4. The number of benzene rings is 2. The van der Waals surface area contributed by atoms with Gasteiger partial charge >= 0.3 is 5.97 Å². The summed E-state index contributed by atoms with van der Waals surface area (Å²) < 4.78 is 5.09. The highest BCUT2D eigenvalue weighted by atomic mass is 16.5. The van der Waals surface area contributed by atoms with Crippen molar-refractivity contribution in [3.63, 3.8) is 0 Å². The zero-order valence-electron chi connectivity index (χ0n) is 15.5. The molecule has 2 aromatic carbocycles. The van der Waals surface area contributed by atoms with Gasteiger partial charge in [0.1, 0.15) is 0 Å². The summed E-state index contributed by atoms with van der Waals surface area (Å²) >= 11 is 0.